The summed E-state index contributed by atoms with van der Waals surface area (Å²) in [5.74, 6) is 0. The van der Waals surface area contributed by atoms with E-state index >= 15 is 0 Å². The van der Waals surface area contributed by atoms with E-state index in [4.69, 9.17) is 0 Å². The summed E-state index contributed by atoms with van der Waals surface area (Å²) in [6.45, 7) is 8.34. The maximum absolute atomic E-state index is 11.4. The lowest BCUT2D eigenvalue weighted by Gasteiger charge is -2.40. The van der Waals surface area contributed by atoms with Gasteiger partial charge in [0.1, 0.15) is 0 Å². The molecule has 0 N–H and O–H groups in total. The van der Waals surface area contributed by atoms with Gasteiger partial charge in [0.25, 0.3) is 0 Å². The summed E-state index contributed by atoms with van der Waals surface area (Å²) in [4.78, 5) is 17.9. The largest absolute Gasteiger partial charge is 0.337 e. The smallest absolute Gasteiger partial charge is 0.210 e. The highest BCUT2D eigenvalue weighted by Crippen LogP contribution is 2.32. The zero-order chi connectivity index (χ0) is 15.6. The number of hydrogen-bond donors (Lipinski definition) is 0. The molecule has 21 heavy (non-hydrogen) atoms. The Bertz CT molecular complexity index is 560. The van der Waals surface area contributed by atoms with Gasteiger partial charge in [0.05, 0.1) is 5.69 Å². The van der Waals surface area contributed by atoms with Gasteiger partial charge in [-0.3, -0.25) is 9.78 Å². The number of rotatable bonds is 3. The van der Waals surface area contributed by atoms with Gasteiger partial charge in [0.15, 0.2) is 0 Å². The third kappa shape index (κ3) is 3.73. The molecule has 0 saturated carbocycles. The topological polar surface area (TPSA) is 33.2 Å². The molecule has 0 bridgehead atoms. The average Bonchev–Trinajstić information content (AvgIpc) is 2.39. The number of carbonyl (C=O) groups excluding carboxylic acids is 1. The average molecular weight is 351 g/mol. The van der Waals surface area contributed by atoms with E-state index in [-0.39, 0.29) is 5.54 Å². The van der Waals surface area contributed by atoms with Gasteiger partial charge in [-0.15, -0.1) is 0 Å². The second kappa shape index (κ2) is 6.30. The van der Waals surface area contributed by atoms with Gasteiger partial charge < -0.3 is 4.90 Å². The minimum Gasteiger partial charge on any atom is -0.337 e. The van der Waals surface area contributed by atoms with Gasteiger partial charge in [-0.1, -0.05) is 6.08 Å². The van der Waals surface area contributed by atoms with Crippen LogP contribution in [0, 0.1) is 6.92 Å². The first-order valence-electron chi connectivity index (χ1n) is 7.38. The first-order valence-corrected chi connectivity index (χ1v) is 8.17. The van der Waals surface area contributed by atoms with E-state index < -0.39 is 0 Å². The van der Waals surface area contributed by atoms with Crippen molar-refractivity contribution >= 4 is 27.9 Å². The SMILES string of the molecule is Cc1cc(Br)cnc1C1=CCC(N(C=O)C(C)(C)C)CC1. The summed E-state index contributed by atoms with van der Waals surface area (Å²) in [6, 6.07) is 2.39. The van der Waals surface area contributed by atoms with Crippen molar-refractivity contribution in [2.45, 2.75) is 58.5 Å². The summed E-state index contributed by atoms with van der Waals surface area (Å²) in [7, 11) is 0. The standard InChI is InChI=1S/C17H23BrN2O/c1-12-9-14(18)10-19-16(12)13-5-7-15(8-6-13)20(11-21)17(2,3)4/h5,9-11,15H,6-8H2,1-4H3. The van der Waals surface area contributed by atoms with Gasteiger partial charge in [-0.05, 0) is 80.1 Å². The van der Waals surface area contributed by atoms with Crippen LogP contribution in [0.1, 0.15) is 51.3 Å². The van der Waals surface area contributed by atoms with Crippen LogP contribution in [0.3, 0.4) is 0 Å². The quantitative estimate of drug-likeness (QED) is 0.759. The number of halogens is 1. The fourth-order valence-electron chi connectivity index (χ4n) is 2.96. The van der Waals surface area contributed by atoms with Crippen LogP contribution in [0.25, 0.3) is 5.57 Å². The number of pyridine rings is 1. The molecule has 1 aliphatic carbocycles. The van der Waals surface area contributed by atoms with Crippen LogP contribution < -0.4 is 0 Å². The van der Waals surface area contributed by atoms with Crippen LogP contribution in [-0.2, 0) is 4.79 Å². The zero-order valence-corrected chi connectivity index (χ0v) is 14.8. The lowest BCUT2D eigenvalue weighted by molar-refractivity contribution is -0.125. The lowest BCUT2D eigenvalue weighted by Crippen LogP contribution is -2.47. The highest BCUT2D eigenvalue weighted by molar-refractivity contribution is 9.10. The minimum absolute atomic E-state index is 0.121. The number of nitrogens with zero attached hydrogens (tertiary/aromatic N) is 2. The van der Waals surface area contributed by atoms with Crippen LogP contribution in [0.4, 0.5) is 0 Å². The minimum atomic E-state index is -0.121. The molecule has 1 amide bonds. The molecule has 0 fully saturated rings. The number of aromatic nitrogens is 1. The molecular formula is C17H23BrN2O. The molecule has 1 unspecified atom stereocenters. The van der Waals surface area contributed by atoms with Crippen LogP contribution in [0.2, 0.25) is 0 Å². The molecule has 2 rings (SSSR count). The number of carbonyl (C=O) groups is 1. The highest BCUT2D eigenvalue weighted by atomic mass is 79.9. The van der Waals surface area contributed by atoms with Crippen molar-refractivity contribution in [2.24, 2.45) is 0 Å². The van der Waals surface area contributed by atoms with E-state index in [0.29, 0.717) is 6.04 Å². The molecule has 1 aromatic rings. The summed E-state index contributed by atoms with van der Waals surface area (Å²) in [6.07, 6.45) is 7.97. The Labute approximate surface area is 135 Å². The van der Waals surface area contributed by atoms with Crippen molar-refractivity contribution in [3.63, 3.8) is 0 Å². The monoisotopic (exact) mass is 350 g/mol. The summed E-state index contributed by atoms with van der Waals surface area (Å²) >= 11 is 3.45. The molecule has 0 spiro atoms. The molecule has 1 heterocycles. The first kappa shape index (κ1) is 16.2. The Morgan fingerprint density at radius 2 is 2.14 bits per heavy atom. The molecule has 0 saturated heterocycles. The van der Waals surface area contributed by atoms with E-state index in [2.05, 4.69) is 60.8 Å². The molecule has 114 valence electrons. The number of aryl methyl sites for hydroxylation is 1. The Morgan fingerprint density at radius 1 is 1.43 bits per heavy atom. The number of hydrogen-bond acceptors (Lipinski definition) is 2. The normalized spacial score (nSPS) is 19.1. The maximum atomic E-state index is 11.4. The Hall–Kier alpha value is -1.16. The van der Waals surface area contributed by atoms with E-state index in [1.54, 1.807) is 0 Å². The summed E-state index contributed by atoms with van der Waals surface area (Å²) in [5.41, 5.74) is 3.46. The third-order valence-corrected chi connectivity index (χ3v) is 4.45. The molecule has 1 aromatic heterocycles. The van der Waals surface area contributed by atoms with Crippen molar-refractivity contribution in [2.75, 3.05) is 0 Å². The molecular weight excluding hydrogens is 328 g/mol. The van der Waals surface area contributed by atoms with E-state index in [0.717, 1.165) is 35.8 Å². The van der Waals surface area contributed by atoms with Gasteiger partial charge in [-0.25, -0.2) is 0 Å². The summed E-state index contributed by atoms with van der Waals surface area (Å²) in [5, 5.41) is 0. The van der Waals surface area contributed by atoms with E-state index in [9.17, 15) is 4.79 Å². The fraction of sp³-hybridized carbons (Fsp3) is 0.529. The van der Waals surface area contributed by atoms with E-state index in [1.165, 1.54) is 11.1 Å². The maximum Gasteiger partial charge on any atom is 0.210 e. The fourth-order valence-corrected chi connectivity index (χ4v) is 3.40. The molecule has 0 radical (unpaired) electrons. The number of amides is 1. The van der Waals surface area contributed by atoms with Crippen LogP contribution in [0.15, 0.2) is 22.8 Å². The Kier molecular flexibility index (Phi) is 4.87. The van der Waals surface area contributed by atoms with Gasteiger partial charge in [0, 0.05) is 22.3 Å². The van der Waals surface area contributed by atoms with Gasteiger partial charge >= 0.3 is 0 Å². The predicted molar refractivity (Wildman–Crippen MR) is 89.9 cm³/mol. The van der Waals surface area contributed by atoms with Crippen molar-refractivity contribution in [1.29, 1.82) is 0 Å². The number of allylic oxidation sites excluding steroid dienone is 1. The molecule has 1 atom stereocenters. The third-order valence-electron chi connectivity index (χ3n) is 4.01. The Morgan fingerprint density at radius 3 is 2.62 bits per heavy atom. The van der Waals surface area contributed by atoms with Gasteiger partial charge in [0.2, 0.25) is 6.41 Å². The highest BCUT2D eigenvalue weighted by Gasteiger charge is 2.29. The first-order chi connectivity index (χ1) is 9.82. The van der Waals surface area contributed by atoms with Crippen LogP contribution in [-0.4, -0.2) is 27.9 Å². The molecule has 4 heteroatoms. The van der Waals surface area contributed by atoms with Crippen LogP contribution in [0.5, 0.6) is 0 Å². The molecule has 1 aliphatic rings. The Balaban J connectivity index is 2.17. The predicted octanol–water partition coefficient (Wildman–Crippen LogP) is 4.35. The van der Waals surface area contributed by atoms with E-state index in [1.807, 2.05) is 11.1 Å². The second-order valence-electron chi connectivity index (χ2n) is 6.66. The molecule has 3 nitrogen and oxygen atoms in total. The molecule has 0 aliphatic heterocycles. The van der Waals surface area contributed by atoms with Crippen LogP contribution >= 0.6 is 15.9 Å². The van der Waals surface area contributed by atoms with Crippen molar-refractivity contribution in [3.05, 3.63) is 34.1 Å². The van der Waals surface area contributed by atoms with Gasteiger partial charge in [-0.2, -0.15) is 0 Å². The van der Waals surface area contributed by atoms with Crippen molar-refractivity contribution in [3.8, 4) is 0 Å². The zero-order valence-electron chi connectivity index (χ0n) is 13.2. The second-order valence-corrected chi connectivity index (χ2v) is 7.58. The lowest BCUT2D eigenvalue weighted by atomic mass is 9.89. The van der Waals surface area contributed by atoms with Crippen molar-refractivity contribution in [1.82, 2.24) is 9.88 Å². The molecule has 0 aromatic carbocycles. The van der Waals surface area contributed by atoms with Crippen molar-refractivity contribution < 1.29 is 4.79 Å². The summed E-state index contributed by atoms with van der Waals surface area (Å²) < 4.78 is 1.01.